The van der Waals surface area contributed by atoms with E-state index in [1.807, 2.05) is 0 Å². The van der Waals surface area contributed by atoms with Gasteiger partial charge in [-0.1, -0.05) is 0 Å². The third kappa shape index (κ3) is 6.67. The van der Waals surface area contributed by atoms with Crippen LogP contribution in [0.2, 0.25) is 0 Å². The molecule has 0 saturated carbocycles. The summed E-state index contributed by atoms with van der Waals surface area (Å²) in [5, 5.41) is 22.3. The number of nitrogens with zero attached hydrogens (tertiary/aromatic N) is 2. The van der Waals surface area contributed by atoms with Crippen LogP contribution in [0.5, 0.6) is 0 Å². The summed E-state index contributed by atoms with van der Waals surface area (Å²) >= 11 is 0. The van der Waals surface area contributed by atoms with Gasteiger partial charge in [0.05, 0.1) is 30.8 Å². The fourth-order valence-electron chi connectivity index (χ4n) is 2.09. The average molecular weight is 481 g/mol. The second-order valence-electron chi connectivity index (χ2n) is 4.78. The summed E-state index contributed by atoms with van der Waals surface area (Å²) in [6, 6.07) is 3.89. The van der Waals surface area contributed by atoms with Gasteiger partial charge in [0.15, 0.2) is 0 Å². The van der Waals surface area contributed by atoms with E-state index in [-0.39, 0.29) is 103 Å². The monoisotopic (exact) mass is 480 g/mol. The molecule has 138 valence electrons. The first-order chi connectivity index (χ1) is 11.8. The summed E-state index contributed by atoms with van der Waals surface area (Å²) in [6.07, 6.45) is 0. The van der Waals surface area contributed by atoms with E-state index in [0.29, 0.717) is 24.3 Å². The van der Waals surface area contributed by atoms with Crippen molar-refractivity contribution in [3.63, 3.8) is 0 Å². The Bertz CT molecular complexity index is 1060. The second-order valence-corrected chi connectivity index (χ2v) is 7.54. The van der Waals surface area contributed by atoms with Crippen molar-refractivity contribution in [2.45, 2.75) is 9.79 Å². The summed E-state index contributed by atoms with van der Waals surface area (Å²) in [5.74, 6) is 0. The molecular weight excluding hydrogens is 474 g/mol. The Balaban J connectivity index is 0.00000364. The van der Waals surface area contributed by atoms with Crippen molar-refractivity contribution in [2.75, 3.05) is 0 Å². The molecule has 0 aromatic heterocycles. The van der Waals surface area contributed by atoms with Crippen molar-refractivity contribution in [3.8, 4) is 11.1 Å². The number of nitro benzene ring substituents is 2. The van der Waals surface area contributed by atoms with Crippen LogP contribution in [0.15, 0.2) is 46.2 Å². The van der Waals surface area contributed by atoms with Gasteiger partial charge >= 0.3 is 103 Å². The van der Waals surface area contributed by atoms with E-state index >= 15 is 0 Å². The van der Waals surface area contributed by atoms with Gasteiger partial charge < -0.3 is 9.11 Å². The van der Waals surface area contributed by atoms with Gasteiger partial charge in [0, 0.05) is 12.1 Å². The van der Waals surface area contributed by atoms with E-state index in [0.717, 1.165) is 12.1 Å². The minimum absolute atomic E-state index is 0. The molecule has 0 amide bonds. The minimum atomic E-state index is -5.02. The van der Waals surface area contributed by atoms with E-state index in [1.54, 1.807) is 0 Å². The smallest absolute Gasteiger partial charge is 0.744 e. The Morgan fingerprint density at radius 2 is 0.929 bits per heavy atom. The van der Waals surface area contributed by atoms with E-state index in [1.165, 1.54) is 0 Å². The standard InChI is InChI=1S/C12H8N2O10S2.2K/c15-13(16)11-5-7(25(19,20)21)1-3-9(11)10-4-2-8(26(22,23)24)6-12(10)14(17)18;;/h1-6H,(H,19,20,21)(H,22,23,24);;/q;2*+1/p-2. The van der Waals surface area contributed by atoms with Gasteiger partial charge in [-0.15, -0.1) is 0 Å². The molecule has 16 heteroatoms. The molecule has 2 rings (SSSR count). The third-order valence-corrected chi connectivity index (χ3v) is 4.86. The summed E-state index contributed by atoms with van der Waals surface area (Å²) in [4.78, 5) is 18.4. The van der Waals surface area contributed by atoms with Crippen LogP contribution >= 0.6 is 0 Å². The van der Waals surface area contributed by atoms with Gasteiger partial charge in [-0.25, -0.2) is 16.8 Å². The van der Waals surface area contributed by atoms with E-state index in [2.05, 4.69) is 0 Å². The summed E-state index contributed by atoms with van der Waals surface area (Å²) in [7, 11) is -10.0. The van der Waals surface area contributed by atoms with Crippen LogP contribution < -0.4 is 103 Å². The van der Waals surface area contributed by atoms with Crippen LogP contribution in [0.1, 0.15) is 0 Å². The molecule has 0 heterocycles. The quantitative estimate of drug-likeness (QED) is 0.173. The zero-order chi connectivity index (χ0) is 19.9. The molecule has 0 bridgehead atoms. The van der Waals surface area contributed by atoms with Gasteiger partial charge in [-0.3, -0.25) is 20.2 Å². The zero-order valence-electron chi connectivity index (χ0n) is 14.3. The van der Waals surface area contributed by atoms with Crippen LogP contribution in [-0.4, -0.2) is 35.8 Å². The number of hydrogen-bond acceptors (Lipinski definition) is 10. The predicted molar refractivity (Wildman–Crippen MR) is 81.1 cm³/mol. The van der Waals surface area contributed by atoms with Crippen molar-refractivity contribution in [2.24, 2.45) is 0 Å². The first-order valence-electron chi connectivity index (χ1n) is 6.31. The molecular formula is C12H6K2N2O10S2. The molecule has 0 saturated heterocycles. The molecule has 0 N–H and O–H groups in total. The first-order valence-corrected chi connectivity index (χ1v) is 9.13. The van der Waals surface area contributed by atoms with E-state index < -0.39 is 62.4 Å². The van der Waals surface area contributed by atoms with Crippen molar-refractivity contribution in [1.29, 1.82) is 0 Å². The van der Waals surface area contributed by atoms with Crippen LogP contribution in [0.25, 0.3) is 11.1 Å². The summed E-state index contributed by atoms with van der Waals surface area (Å²) in [6.45, 7) is 0. The number of nitro groups is 2. The van der Waals surface area contributed by atoms with Crippen LogP contribution in [0.4, 0.5) is 11.4 Å². The SMILES string of the molecule is O=[N+]([O-])c1cc(S(=O)(=O)[O-])ccc1-c1ccc(S(=O)(=O)[O-])cc1[N+](=O)[O-].[K+].[K+]. The summed E-state index contributed by atoms with van der Waals surface area (Å²) < 4.78 is 66.0. The molecule has 0 spiro atoms. The molecule has 0 atom stereocenters. The Kier molecular flexibility index (Phi) is 10.7. The molecule has 2 aromatic rings. The maximum atomic E-state index is 11.2. The van der Waals surface area contributed by atoms with Crippen molar-refractivity contribution < 1.29 is 139 Å². The maximum Gasteiger partial charge on any atom is 1.00 e. The van der Waals surface area contributed by atoms with Crippen LogP contribution in [-0.2, 0) is 20.2 Å². The third-order valence-electron chi connectivity index (χ3n) is 3.20. The van der Waals surface area contributed by atoms with Gasteiger partial charge in [0.2, 0.25) is 0 Å². The molecule has 0 fully saturated rings. The molecule has 0 radical (unpaired) electrons. The first kappa shape index (κ1) is 28.3. The molecule has 0 unspecified atom stereocenters. The number of benzene rings is 2. The predicted octanol–water partition coefficient (Wildman–Crippen LogP) is -5.01. The van der Waals surface area contributed by atoms with Gasteiger partial charge in [-0.05, 0) is 24.3 Å². The molecule has 28 heavy (non-hydrogen) atoms. The molecule has 0 aliphatic carbocycles. The fourth-order valence-corrected chi connectivity index (χ4v) is 3.07. The Labute approximate surface area is 243 Å². The number of rotatable bonds is 5. The molecule has 0 aliphatic heterocycles. The van der Waals surface area contributed by atoms with Gasteiger partial charge in [0.25, 0.3) is 11.4 Å². The van der Waals surface area contributed by atoms with Gasteiger partial charge in [0.1, 0.15) is 20.2 Å². The van der Waals surface area contributed by atoms with E-state index in [9.17, 15) is 46.2 Å². The Hall–Kier alpha value is 0.333. The van der Waals surface area contributed by atoms with Crippen molar-refractivity contribution in [1.82, 2.24) is 0 Å². The topological polar surface area (TPSA) is 201 Å². The normalized spacial score (nSPS) is 11.1. The molecule has 12 nitrogen and oxygen atoms in total. The maximum absolute atomic E-state index is 11.2. The van der Waals surface area contributed by atoms with E-state index in [4.69, 9.17) is 0 Å². The van der Waals surface area contributed by atoms with Crippen LogP contribution in [0, 0.1) is 20.2 Å². The zero-order valence-corrected chi connectivity index (χ0v) is 22.1. The minimum Gasteiger partial charge on any atom is -0.744 e. The van der Waals surface area contributed by atoms with Crippen LogP contribution in [0.3, 0.4) is 0 Å². The van der Waals surface area contributed by atoms with Crippen molar-refractivity contribution in [3.05, 3.63) is 56.6 Å². The second kappa shape index (κ2) is 10.6. The average Bonchev–Trinajstić information content (AvgIpc) is 2.51. The largest absolute Gasteiger partial charge is 1.00 e. The Morgan fingerprint density at radius 1 is 0.643 bits per heavy atom. The molecule has 2 aromatic carbocycles. The summed E-state index contributed by atoms with van der Waals surface area (Å²) in [5.41, 5.74) is -2.74. The van der Waals surface area contributed by atoms with Gasteiger partial charge in [-0.2, -0.15) is 0 Å². The molecule has 0 aliphatic rings. The van der Waals surface area contributed by atoms with Crippen molar-refractivity contribution >= 4 is 31.6 Å². The number of hydrogen-bond donors (Lipinski definition) is 0. The Morgan fingerprint density at radius 3 is 1.14 bits per heavy atom. The fraction of sp³-hybridized carbons (Fsp3) is 0.